The molecule has 116 valence electrons. The van der Waals surface area contributed by atoms with Crippen molar-refractivity contribution in [2.75, 3.05) is 0 Å². The minimum atomic E-state index is 0.437. The van der Waals surface area contributed by atoms with Gasteiger partial charge < -0.3 is 8.98 Å². The van der Waals surface area contributed by atoms with E-state index in [0.717, 1.165) is 16.3 Å². The number of benzene rings is 1. The Morgan fingerprint density at radius 2 is 2.04 bits per heavy atom. The average molecular weight is 333 g/mol. The second-order valence-electron chi connectivity index (χ2n) is 5.05. The quantitative estimate of drug-likeness (QED) is 0.570. The lowest BCUT2D eigenvalue weighted by molar-refractivity contribution is 0.489. The van der Waals surface area contributed by atoms with E-state index in [1.807, 2.05) is 28.3 Å². The first-order valence-corrected chi connectivity index (χ1v) is 8.09. The predicted molar refractivity (Wildman–Crippen MR) is 89.1 cm³/mol. The van der Waals surface area contributed by atoms with Crippen molar-refractivity contribution in [3.8, 4) is 28.2 Å². The Morgan fingerprint density at radius 1 is 1.17 bits per heavy atom. The zero-order valence-electron chi connectivity index (χ0n) is 12.5. The van der Waals surface area contributed by atoms with Crippen molar-refractivity contribution in [1.82, 2.24) is 19.7 Å². The summed E-state index contributed by atoms with van der Waals surface area (Å²) in [5.41, 5.74) is 1.38. The van der Waals surface area contributed by atoms with Gasteiger partial charge in [-0.05, 0) is 35.7 Å². The van der Waals surface area contributed by atoms with Crippen molar-refractivity contribution < 1.29 is 4.42 Å². The molecule has 3 heterocycles. The maximum Gasteiger partial charge on any atom is 0.247 e. The highest BCUT2D eigenvalue weighted by atomic mass is 32.1. The summed E-state index contributed by atoms with van der Waals surface area (Å²) in [5.74, 6) is 1.82. The predicted octanol–water partition coefficient (Wildman–Crippen LogP) is 3.58. The van der Waals surface area contributed by atoms with Crippen molar-refractivity contribution >= 4 is 11.3 Å². The molecular weight excluding hydrogens is 322 g/mol. The van der Waals surface area contributed by atoms with Gasteiger partial charge in [-0.2, -0.15) is 5.26 Å². The molecule has 6 nitrogen and oxygen atoms in total. The van der Waals surface area contributed by atoms with E-state index in [1.54, 1.807) is 41.8 Å². The van der Waals surface area contributed by atoms with Crippen molar-refractivity contribution in [2.24, 2.45) is 0 Å². The molecular formula is C17H11N5OS. The van der Waals surface area contributed by atoms with Crippen LogP contribution in [0.25, 0.3) is 22.2 Å². The highest BCUT2D eigenvalue weighted by molar-refractivity contribution is 7.13. The van der Waals surface area contributed by atoms with E-state index in [4.69, 9.17) is 9.68 Å². The number of nitrogens with zero attached hydrogens (tertiary/aromatic N) is 5. The fraction of sp³-hybridized carbons (Fsp3) is 0.0588. The van der Waals surface area contributed by atoms with Crippen LogP contribution in [0, 0.1) is 11.3 Å². The first kappa shape index (κ1) is 14.4. The molecule has 0 saturated heterocycles. The minimum absolute atomic E-state index is 0.437. The molecule has 0 aliphatic rings. The minimum Gasteiger partial charge on any atom is -0.419 e. The first-order valence-electron chi connectivity index (χ1n) is 7.21. The number of hydrogen-bond donors (Lipinski definition) is 0. The van der Waals surface area contributed by atoms with Gasteiger partial charge >= 0.3 is 0 Å². The summed E-state index contributed by atoms with van der Waals surface area (Å²) in [6, 6.07) is 13.2. The van der Waals surface area contributed by atoms with Gasteiger partial charge in [0.1, 0.15) is 12.4 Å². The first-order chi connectivity index (χ1) is 11.8. The van der Waals surface area contributed by atoms with Gasteiger partial charge in [0.25, 0.3) is 0 Å². The van der Waals surface area contributed by atoms with Crippen LogP contribution >= 0.6 is 11.3 Å². The molecule has 4 rings (SSSR count). The van der Waals surface area contributed by atoms with Crippen molar-refractivity contribution in [3.63, 3.8) is 0 Å². The third-order valence-electron chi connectivity index (χ3n) is 3.49. The van der Waals surface area contributed by atoms with E-state index in [-0.39, 0.29) is 0 Å². The van der Waals surface area contributed by atoms with Crippen molar-refractivity contribution in [3.05, 3.63) is 65.6 Å². The Bertz CT molecular complexity index is 992. The van der Waals surface area contributed by atoms with Gasteiger partial charge in [-0.25, -0.2) is 4.98 Å². The molecule has 7 heteroatoms. The van der Waals surface area contributed by atoms with Crippen molar-refractivity contribution in [2.45, 2.75) is 6.54 Å². The number of aromatic nitrogens is 4. The highest BCUT2D eigenvalue weighted by Crippen LogP contribution is 2.24. The maximum atomic E-state index is 8.84. The summed E-state index contributed by atoms with van der Waals surface area (Å²) < 4.78 is 7.71. The Labute approximate surface area is 141 Å². The molecule has 0 aliphatic carbocycles. The summed E-state index contributed by atoms with van der Waals surface area (Å²) >= 11 is 1.63. The zero-order valence-corrected chi connectivity index (χ0v) is 13.3. The lowest BCUT2D eigenvalue weighted by Crippen LogP contribution is -2.00. The summed E-state index contributed by atoms with van der Waals surface area (Å²) in [6.07, 6.45) is 3.65. The van der Waals surface area contributed by atoms with Crippen molar-refractivity contribution in [1.29, 1.82) is 5.26 Å². The van der Waals surface area contributed by atoms with Crippen LogP contribution in [0.4, 0.5) is 0 Å². The maximum absolute atomic E-state index is 8.84. The van der Waals surface area contributed by atoms with Crippen LogP contribution in [0.3, 0.4) is 0 Å². The number of thiophene rings is 1. The molecule has 0 unspecified atom stereocenters. The third-order valence-corrected chi connectivity index (χ3v) is 4.36. The lowest BCUT2D eigenvalue weighted by atomic mass is 10.1. The van der Waals surface area contributed by atoms with E-state index in [2.05, 4.69) is 21.3 Å². The van der Waals surface area contributed by atoms with Gasteiger partial charge in [0, 0.05) is 18.0 Å². The molecule has 3 aromatic heterocycles. The van der Waals surface area contributed by atoms with Crippen LogP contribution in [0.1, 0.15) is 11.5 Å². The number of hydrogen-bond acceptors (Lipinski definition) is 6. The van der Waals surface area contributed by atoms with Crippen LogP contribution in [0.2, 0.25) is 0 Å². The van der Waals surface area contributed by atoms with Crippen LogP contribution in [-0.4, -0.2) is 19.7 Å². The lowest BCUT2D eigenvalue weighted by Gasteiger charge is -2.02. The Hall–Kier alpha value is -3.24. The molecule has 1 aromatic carbocycles. The highest BCUT2D eigenvalue weighted by Gasteiger charge is 2.12. The van der Waals surface area contributed by atoms with E-state index >= 15 is 0 Å². The molecule has 0 amide bonds. The van der Waals surface area contributed by atoms with E-state index in [9.17, 15) is 0 Å². The molecule has 24 heavy (non-hydrogen) atoms. The van der Waals surface area contributed by atoms with Gasteiger partial charge in [0.2, 0.25) is 11.8 Å². The Balaban J connectivity index is 1.58. The summed E-state index contributed by atoms with van der Waals surface area (Å²) in [5, 5.41) is 19.0. The second-order valence-corrected chi connectivity index (χ2v) is 5.99. The molecule has 0 saturated carbocycles. The number of nitriles is 1. The van der Waals surface area contributed by atoms with Crippen LogP contribution in [0.5, 0.6) is 0 Å². The second kappa shape index (κ2) is 6.10. The van der Waals surface area contributed by atoms with E-state index in [1.165, 1.54) is 0 Å². The molecule has 0 spiro atoms. The molecule has 0 fully saturated rings. The van der Waals surface area contributed by atoms with Gasteiger partial charge in [-0.15, -0.1) is 21.5 Å². The smallest absolute Gasteiger partial charge is 0.247 e. The summed E-state index contributed by atoms with van der Waals surface area (Å²) in [7, 11) is 0. The third kappa shape index (κ3) is 2.71. The topological polar surface area (TPSA) is 80.5 Å². The number of imidazole rings is 1. The Kier molecular flexibility index (Phi) is 3.65. The van der Waals surface area contributed by atoms with Crippen LogP contribution in [-0.2, 0) is 6.54 Å². The largest absolute Gasteiger partial charge is 0.419 e. The fourth-order valence-corrected chi connectivity index (χ4v) is 3.07. The molecule has 4 aromatic rings. The summed E-state index contributed by atoms with van der Waals surface area (Å²) in [4.78, 5) is 5.48. The van der Waals surface area contributed by atoms with Crippen LogP contribution in [0.15, 0.2) is 58.6 Å². The Morgan fingerprint density at radius 3 is 2.79 bits per heavy atom. The van der Waals surface area contributed by atoms with E-state index < -0.39 is 0 Å². The molecule has 0 radical (unpaired) electrons. The molecule has 0 aliphatic heterocycles. The number of rotatable bonds is 4. The molecule has 0 atom stereocenters. The summed E-state index contributed by atoms with van der Waals surface area (Å²) in [6.45, 7) is 0.455. The monoisotopic (exact) mass is 333 g/mol. The fourth-order valence-electron chi connectivity index (χ4n) is 2.33. The zero-order chi connectivity index (χ0) is 16.4. The molecule has 0 bridgehead atoms. The van der Waals surface area contributed by atoms with Gasteiger partial charge in [0.05, 0.1) is 16.5 Å². The van der Waals surface area contributed by atoms with Gasteiger partial charge in [-0.1, -0.05) is 6.07 Å². The van der Waals surface area contributed by atoms with Gasteiger partial charge in [-0.3, -0.25) is 0 Å². The standard InChI is InChI=1S/C17H11N5OS/c18-10-12-3-5-13(6-4-12)17-21-20-15(23-17)11-22-8-7-19-16(22)14-2-1-9-24-14/h1-9H,11H2. The average Bonchev–Trinajstić information content (AvgIpc) is 3.37. The van der Waals surface area contributed by atoms with E-state index in [0.29, 0.717) is 23.9 Å². The SMILES string of the molecule is N#Cc1ccc(-c2nnc(Cn3ccnc3-c3cccs3)o2)cc1. The van der Waals surface area contributed by atoms with Crippen LogP contribution < -0.4 is 0 Å². The normalized spacial score (nSPS) is 10.6. The van der Waals surface area contributed by atoms with Gasteiger partial charge in [0.15, 0.2) is 0 Å². The molecule has 0 N–H and O–H groups in total.